The molecule has 8 heteroatoms. The third kappa shape index (κ3) is 1.31. The molecule has 92 valence electrons. The highest BCUT2D eigenvalue weighted by Gasteiger charge is 2.32. The molecule has 0 bridgehead atoms. The lowest BCUT2D eigenvalue weighted by molar-refractivity contribution is -0.697. The predicted octanol–water partition coefficient (Wildman–Crippen LogP) is -0.461. The Morgan fingerprint density at radius 1 is 1.44 bits per heavy atom. The van der Waals surface area contributed by atoms with Crippen LogP contribution >= 0.6 is 0 Å². The lowest BCUT2D eigenvalue weighted by Crippen LogP contribution is -2.97. The standard InChI is InChI=1S/C10H9N5O3/c11-8-7-9(13-10(16)12-8)15(18)6-4-2-1-3-5(6)14(7)17/h1-4,14,18H,(H3,11,12,13,16). The SMILES string of the molecule is Nc1[nH]c(=O)nc2c1[NH+]([O-])c1ccccc1N2O. The quantitative estimate of drug-likeness (QED) is 0.467. The number of nitrogens with one attached hydrogen (secondary N) is 2. The summed E-state index contributed by atoms with van der Waals surface area (Å²) in [6.07, 6.45) is 0. The normalized spacial score (nSPS) is 17.2. The Balaban J connectivity index is 2.33. The molecule has 1 unspecified atom stereocenters. The highest BCUT2D eigenvalue weighted by molar-refractivity contribution is 5.81. The van der Waals surface area contributed by atoms with E-state index in [9.17, 15) is 15.2 Å². The fourth-order valence-electron chi connectivity index (χ4n) is 1.95. The number of aromatic amines is 1. The average molecular weight is 247 g/mol. The molecule has 5 N–H and O–H groups in total. The summed E-state index contributed by atoms with van der Waals surface area (Å²) in [4.78, 5) is 17.0. The first kappa shape index (κ1) is 10.7. The zero-order valence-electron chi connectivity index (χ0n) is 9.04. The van der Waals surface area contributed by atoms with Crippen LogP contribution in [-0.2, 0) is 0 Å². The van der Waals surface area contributed by atoms with E-state index in [1.54, 1.807) is 24.3 Å². The van der Waals surface area contributed by atoms with Gasteiger partial charge in [-0.15, -0.1) is 0 Å². The number of rotatable bonds is 0. The number of nitrogen functional groups attached to an aromatic ring is 1. The number of H-pyrrole nitrogens is 1. The van der Waals surface area contributed by atoms with Crippen LogP contribution in [0, 0.1) is 5.21 Å². The van der Waals surface area contributed by atoms with E-state index in [1.807, 2.05) is 0 Å². The molecule has 0 fully saturated rings. The molecular formula is C10H9N5O3. The number of nitrogens with two attached hydrogens (primary N) is 1. The van der Waals surface area contributed by atoms with Gasteiger partial charge in [0.1, 0.15) is 5.69 Å². The van der Waals surface area contributed by atoms with Gasteiger partial charge in [0, 0.05) is 6.07 Å². The molecule has 0 spiro atoms. The van der Waals surface area contributed by atoms with Crippen LogP contribution in [0.1, 0.15) is 0 Å². The lowest BCUT2D eigenvalue weighted by atomic mass is 10.2. The van der Waals surface area contributed by atoms with Crippen LogP contribution in [0.15, 0.2) is 29.1 Å². The molecule has 0 amide bonds. The fourth-order valence-corrected chi connectivity index (χ4v) is 1.95. The Kier molecular flexibility index (Phi) is 2.10. The number of hydrogen-bond acceptors (Lipinski definition) is 6. The molecule has 0 saturated heterocycles. The Morgan fingerprint density at radius 3 is 2.94 bits per heavy atom. The average Bonchev–Trinajstić information content (AvgIpc) is 2.35. The van der Waals surface area contributed by atoms with Crippen LogP contribution < -0.4 is 21.5 Å². The van der Waals surface area contributed by atoms with Crippen molar-refractivity contribution in [2.45, 2.75) is 0 Å². The second kappa shape index (κ2) is 3.53. The van der Waals surface area contributed by atoms with Crippen molar-refractivity contribution in [3.05, 3.63) is 40.0 Å². The van der Waals surface area contributed by atoms with Gasteiger partial charge in [-0.2, -0.15) is 10.0 Å². The van der Waals surface area contributed by atoms with Gasteiger partial charge in [-0.05, 0) is 6.07 Å². The molecule has 3 rings (SSSR count). The van der Waals surface area contributed by atoms with Crippen molar-refractivity contribution < 1.29 is 10.3 Å². The van der Waals surface area contributed by atoms with Gasteiger partial charge in [0.15, 0.2) is 11.5 Å². The van der Waals surface area contributed by atoms with Crippen LogP contribution in [0.2, 0.25) is 0 Å². The van der Waals surface area contributed by atoms with E-state index in [1.165, 1.54) is 0 Å². The van der Waals surface area contributed by atoms with Crippen LogP contribution in [-0.4, -0.2) is 15.2 Å². The van der Waals surface area contributed by atoms with E-state index >= 15 is 0 Å². The number of quaternary nitrogens is 1. The minimum absolute atomic E-state index is 0.00389. The highest BCUT2D eigenvalue weighted by atomic mass is 16.5. The van der Waals surface area contributed by atoms with Gasteiger partial charge in [-0.25, -0.2) is 4.79 Å². The smallest absolute Gasteiger partial charge is 0.348 e. The van der Waals surface area contributed by atoms with Crippen molar-refractivity contribution >= 4 is 28.7 Å². The highest BCUT2D eigenvalue weighted by Crippen LogP contribution is 2.36. The van der Waals surface area contributed by atoms with Crippen LogP contribution in [0.25, 0.3) is 0 Å². The van der Waals surface area contributed by atoms with Gasteiger partial charge in [0.2, 0.25) is 11.5 Å². The molecule has 0 radical (unpaired) electrons. The van der Waals surface area contributed by atoms with Gasteiger partial charge in [0.05, 0.1) is 0 Å². The molecule has 0 aliphatic carbocycles. The summed E-state index contributed by atoms with van der Waals surface area (Å²) in [5.74, 6) is -0.261. The maximum absolute atomic E-state index is 12.2. The van der Waals surface area contributed by atoms with E-state index < -0.39 is 5.69 Å². The lowest BCUT2D eigenvalue weighted by Gasteiger charge is -2.33. The molecule has 1 aromatic heterocycles. The molecule has 1 atom stereocenters. The van der Waals surface area contributed by atoms with E-state index in [-0.39, 0.29) is 28.1 Å². The summed E-state index contributed by atoms with van der Waals surface area (Å²) >= 11 is 0. The van der Waals surface area contributed by atoms with Crippen molar-refractivity contribution in [3.63, 3.8) is 0 Å². The first-order valence-electron chi connectivity index (χ1n) is 5.12. The van der Waals surface area contributed by atoms with Crippen molar-refractivity contribution in [1.82, 2.24) is 9.97 Å². The number of hydrogen-bond donors (Lipinski definition) is 4. The Hall–Kier alpha value is -2.42. The fraction of sp³-hybridized carbons (Fsp3) is 0. The second-order valence-corrected chi connectivity index (χ2v) is 3.81. The van der Waals surface area contributed by atoms with Crippen LogP contribution in [0.4, 0.5) is 28.7 Å². The van der Waals surface area contributed by atoms with Gasteiger partial charge in [-0.3, -0.25) is 15.3 Å². The summed E-state index contributed by atoms with van der Waals surface area (Å²) in [5, 5.41) is 22.5. The molecule has 2 heterocycles. The van der Waals surface area contributed by atoms with Gasteiger partial charge >= 0.3 is 5.69 Å². The zero-order valence-corrected chi connectivity index (χ0v) is 9.04. The van der Waals surface area contributed by atoms with Gasteiger partial charge < -0.3 is 10.9 Å². The minimum atomic E-state index is -0.725. The predicted molar refractivity (Wildman–Crippen MR) is 63.3 cm³/mol. The molecule has 1 aromatic carbocycles. The molecule has 1 aliphatic heterocycles. The van der Waals surface area contributed by atoms with Crippen LogP contribution in [0.3, 0.4) is 0 Å². The Morgan fingerprint density at radius 2 is 2.17 bits per heavy atom. The van der Waals surface area contributed by atoms with E-state index in [2.05, 4.69) is 9.97 Å². The number of benzene rings is 1. The summed E-state index contributed by atoms with van der Waals surface area (Å²) in [5.41, 5.74) is 5.44. The number of aromatic nitrogens is 2. The second-order valence-electron chi connectivity index (χ2n) is 3.81. The number of fused-ring (bicyclic) bond motifs is 2. The summed E-state index contributed by atoms with van der Waals surface area (Å²) in [6.45, 7) is 0. The Bertz CT molecular complexity index is 683. The van der Waals surface area contributed by atoms with Gasteiger partial charge in [-0.1, -0.05) is 12.1 Å². The van der Waals surface area contributed by atoms with E-state index in [0.717, 1.165) is 0 Å². The maximum atomic E-state index is 12.2. The third-order valence-electron chi connectivity index (χ3n) is 2.75. The largest absolute Gasteiger partial charge is 0.623 e. The molecular weight excluding hydrogens is 238 g/mol. The summed E-state index contributed by atoms with van der Waals surface area (Å²) in [6, 6.07) is 6.45. The maximum Gasteiger partial charge on any atom is 0.348 e. The minimum Gasteiger partial charge on any atom is -0.623 e. The molecule has 8 nitrogen and oxygen atoms in total. The molecule has 18 heavy (non-hydrogen) atoms. The van der Waals surface area contributed by atoms with E-state index in [4.69, 9.17) is 5.73 Å². The number of para-hydroxylation sites is 2. The monoisotopic (exact) mass is 247 g/mol. The first-order chi connectivity index (χ1) is 8.59. The summed E-state index contributed by atoms with van der Waals surface area (Å²) in [7, 11) is 0. The summed E-state index contributed by atoms with van der Waals surface area (Å²) < 4.78 is 0. The molecule has 2 aromatic rings. The molecule has 0 saturated carbocycles. The zero-order chi connectivity index (χ0) is 12.9. The Labute approximate surface area is 100 Å². The topological polar surface area (TPSA) is 123 Å². The number of anilines is 3. The van der Waals surface area contributed by atoms with E-state index in [0.29, 0.717) is 10.8 Å². The van der Waals surface area contributed by atoms with Crippen molar-refractivity contribution in [1.29, 1.82) is 0 Å². The third-order valence-corrected chi connectivity index (χ3v) is 2.75. The number of nitrogens with zero attached hydrogens (tertiary/aromatic N) is 2. The van der Waals surface area contributed by atoms with Crippen molar-refractivity contribution in [2.24, 2.45) is 0 Å². The van der Waals surface area contributed by atoms with Crippen molar-refractivity contribution in [2.75, 3.05) is 10.8 Å². The first-order valence-corrected chi connectivity index (χ1v) is 5.12. The van der Waals surface area contributed by atoms with Crippen LogP contribution in [0.5, 0.6) is 0 Å². The molecule has 1 aliphatic rings. The van der Waals surface area contributed by atoms with Crippen molar-refractivity contribution in [3.8, 4) is 0 Å². The van der Waals surface area contributed by atoms with Gasteiger partial charge in [0.25, 0.3) is 0 Å².